The highest BCUT2D eigenvalue weighted by Crippen LogP contribution is 2.22. The van der Waals surface area contributed by atoms with Crippen LogP contribution in [0.4, 0.5) is 0 Å². The average Bonchev–Trinajstić information content (AvgIpc) is 2.74. The van der Waals surface area contributed by atoms with E-state index in [-0.39, 0.29) is 42.8 Å². The minimum atomic E-state index is -0.328. The number of aromatic nitrogens is 1. The second-order valence-electron chi connectivity index (χ2n) is 4.70. The molecule has 0 aliphatic heterocycles. The summed E-state index contributed by atoms with van der Waals surface area (Å²) in [7, 11) is 1.62. The zero-order valence-corrected chi connectivity index (χ0v) is 16.0. The van der Waals surface area contributed by atoms with E-state index in [4.69, 9.17) is 14.2 Å². The number of benzene rings is 1. The van der Waals surface area contributed by atoms with Crippen LogP contribution in [0, 0.1) is 6.92 Å². The largest absolute Gasteiger partial charge is 1.00 e. The van der Waals surface area contributed by atoms with Gasteiger partial charge in [-0.25, -0.2) is 0 Å². The second kappa shape index (κ2) is 8.38. The van der Waals surface area contributed by atoms with Crippen molar-refractivity contribution in [3.63, 3.8) is 0 Å². The van der Waals surface area contributed by atoms with Gasteiger partial charge < -0.3 is 33.5 Å². The van der Waals surface area contributed by atoms with Crippen molar-refractivity contribution in [2.75, 3.05) is 7.11 Å². The van der Waals surface area contributed by atoms with Gasteiger partial charge in [0, 0.05) is 27.0 Å². The van der Waals surface area contributed by atoms with Gasteiger partial charge in [0.2, 0.25) is 10.5 Å². The molecule has 1 aromatic heterocycles. The van der Waals surface area contributed by atoms with Crippen LogP contribution in [-0.2, 0) is 14.2 Å². The molecule has 0 saturated carbocycles. The van der Waals surface area contributed by atoms with Crippen LogP contribution in [0.15, 0.2) is 24.3 Å². The van der Waals surface area contributed by atoms with E-state index in [0.717, 1.165) is 0 Å². The van der Waals surface area contributed by atoms with Gasteiger partial charge in [0.05, 0.1) is 0 Å². The van der Waals surface area contributed by atoms with Crippen molar-refractivity contribution in [1.82, 2.24) is 0 Å². The number of para-hydroxylation sites is 1. The summed E-state index contributed by atoms with van der Waals surface area (Å²) in [5.41, 5.74) is 1.19. The van der Waals surface area contributed by atoms with Crippen LogP contribution < -0.4 is 28.5 Å². The first kappa shape index (κ1) is 18.8. The lowest BCUT2D eigenvalue weighted by molar-refractivity contribution is -0.743. The quantitative estimate of drug-likeness (QED) is 0.383. The third-order valence-electron chi connectivity index (χ3n) is 3.19. The summed E-state index contributed by atoms with van der Waals surface area (Å²) in [6, 6.07) is 8.34. The lowest BCUT2D eigenvalue weighted by Gasteiger charge is -2.19. The summed E-state index contributed by atoms with van der Waals surface area (Å²) in [4.78, 5) is 0. The van der Waals surface area contributed by atoms with Crippen LogP contribution in [0.3, 0.4) is 0 Å². The van der Waals surface area contributed by atoms with Crippen molar-refractivity contribution in [2.45, 2.75) is 46.5 Å². The topological polar surface area (TPSA) is 31.6 Å². The zero-order valence-electron chi connectivity index (χ0n) is 13.0. The fraction of sp³-hybridized carbons (Fsp3) is 0.533. The van der Waals surface area contributed by atoms with Crippen LogP contribution in [0.5, 0.6) is 0 Å². The molecule has 0 saturated heterocycles. The standard InChI is InChI=1S/C15H22NO3S.HI/c1-10(18-13(4)19-12(3)17-5)16-11(2)20-15-9-7-6-8-14(15)16;/h6-10,12-13H,1-5H3;1H/q+1;/p-1. The van der Waals surface area contributed by atoms with Gasteiger partial charge in [-0.1, -0.05) is 23.5 Å². The monoisotopic (exact) mass is 423 g/mol. The Bertz CT molecular complexity index is 575. The Hall–Kier alpha value is -0.280. The third kappa shape index (κ3) is 4.59. The van der Waals surface area contributed by atoms with Gasteiger partial charge >= 0.3 is 0 Å². The summed E-state index contributed by atoms with van der Waals surface area (Å²) in [6.07, 6.45) is -0.696. The fourth-order valence-electron chi connectivity index (χ4n) is 2.27. The van der Waals surface area contributed by atoms with Crippen molar-refractivity contribution >= 4 is 21.6 Å². The molecule has 2 rings (SSSR count). The number of fused-ring (bicyclic) bond motifs is 1. The Morgan fingerprint density at radius 1 is 1.05 bits per heavy atom. The van der Waals surface area contributed by atoms with Crippen molar-refractivity contribution in [3.8, 4) is 0 Å². The number of rotatable bonds is 6. The van der Waals surface area contributed by atoms with Gasteiger partial charge in [0.1, 0.15) is 4.70 Å². The minimum absolute atomic E-state index is 0. The number of aryl methyl sites for hydroxylation is 1. The number of thiazole rings is 1. The summed E-state index contributed by atoms with van der Waals surface area (Å²) >= 11 is 1.77. The van der Waals surface area contributed by atoms with E-state index in [1.807, 2.05) is 26.8 Å². The summed E-state index contributed by atoms with van der Waals surface area (Å²) in [5.74, 6) is 0. The molecule has 0 aliphatic carbocycles. The van der Waals surface area contributed by atoms with E-state index < -0.39 is 0 Å². The molecule has 1 heterocycles. The van der Waals surface area contributed by atoms with Crippen LogP contribution >= 0.6 is 11.3 Å². The molecule has 0 fully saturated rings. The molecular weight excluding hydrogens is 401 g/mol. The maximum atomic E-state index is 5.92. The van der Waals surface area contributed by atoms with E-state index in [2.05, 4.69) is 29.7 Å². The number of ether oxygens (including phenoxy) is 3. The highest BCUT2D eigenvalue weighted by atomic mass is 127. The fourth-order valence-corrected chi connectivity index (χ4v) is 3.35. The van der Waals surface area contributed by atoms with Crippen LogP contribution in [0.2, 0.25) is 0 Å². The van der Waals surface area contributed by atoms with Gasteiger partial charge in [-0.15, -0.1) is 0 Å². The molecule has 1 aromatic carbocycles. The maximum Gasteiger partial charge on any atom is 0.263 e. The number of hydrogen-bond acceptors (Lipinski definition) is 4. The first-order valence-electron chi connectivity index (χ1n) is 6.76. The van der Waals surface area contributed by atoms with Crippen LogP contribution in [0.25, 0.3) is 10.2 Å². The Morgan fingerprint density at radius 3 is 2.38 bits per heavy atom. The van der Waals surface area contributed by atoms with Crippen LogP contribution in [0.1, 0.15) is 32.0 Å². The molecule has 3 unspecified atom stereocenters. The van der Waals surface area contributed by atoms with Crippen molar-refractivity contribution in [2.24, 2.45) is 0 Å². The Balaban J connectivity index is 0.00000220. The van der Waals surface area contributed by atoms with Crippen LogP contribution in [-0.4, -0.2) is 19.7 Å². The smallest absolute Gasteiger partial charge is 0.263 e. The predicted octanol–water partition coefficient (Wildman–Crippen LogP) is 0.391. The molecule has 0 bridgehead atoms. The molecule has 0 radical (unpaired) electrons. The molecule has 0 N–H and O–H groups in total. The molecule has 4 nitrogen and oxygen atoms in total. The highest BCUT2D eigenvalue weighted by molar-refractivity contribution is 7.18. The molecule has 3 atom stereocenters. The van der Waals surface area contributed by atoms with Gasteiger partial charge in [0.25, 0.3) is 6.23 Å². The second-order valence-corrected chi connectivity index (χ2v) is 5.94. The minimum Gasteiger partial charge on any atom is -1.00 e. The average molecular weight is 423 g/mol. The van der Waals surface area contributed by atoms with E-state index in [0.29, 0.717) is 0 Å². The predicted molar refractivity (Wildman–Crippen MR) is 79.6 cm³/mol. The Morgan fingerprint density at radius 2 is 1.71 bits per heavy atom. The van der Waals surface area contributed by atoms with E-state index in [1.54, 1.807) is 18.4 Å². The molecular formula is C15H22INO3S. The van der Waals surface area contributed by atoms with E-state index >= 15 is 0 Å². The molecule has 0 spiro atoms. The van der Waals surface area contributed by atoms with E-state index in [9.17, 15) is 0 Å². The summed E-state index contributed by atoms with van der Waals surface area (Å²) in [5, 5.41) is 1.21. The lowest BCUT2D eigenvalue weighted by Crippen LogP contribution is -3.00. The molecule has 0 aliphatic rings. The molecule has 6 heteroatoms. The highest BCUT2D eigenvalue weighted by Gasteiger charge is 2.25. The molecule has 21 heavy (non-hydrogen) atoms. The number of halogens is 1. The lowest BCUT2D eigenvalue weighted by atomic mass is 10.3. The maximum absolute atomic E-state index is 5.92. The Labute approximate surface area is 147 Å². The summed E-state index contributed by atoms with van der Waals surface area (Å²) in [6.45, 7) is 7.87. The molecule has 2 aromatic rings. The number of hydrogen-bond donors (Lipinski definition) is 0. The SMILES string of the molecule is COC(C)OC(C)OC(C)[n+]1c(C)sc2ccccc21.[I-]. The zero-order chi connectivity index (χ0) is 14.7. The third-order valence-corrected chi connectivity index (χ3v) is 4.25. The normalized spacial score (nSPS) is 15.5. The molecule has 118 valence electrons. The molecule has 0 amide bonds. The first-order chi connectivity index (χ1) is 9.52. The van der Waals surface area contributed by atoms with Gasteiger partial charge in [-0.3, -0.25) is 4.74 Å². The van der Waals surface area contributed by atoms with E-state index in [1.165, 1.54) is 15.2 Å². The number of methoxy groups -OCH3 is 1. The van der Waals surface area contributed by atoms with Crippen molar-refractivity contribution in [3.05, 3.63) is 29.3 Å². The Kier molecular flexibility index (Phi) is 7.49. The van der Waals surface area contributed by atoms with Crippen molar-refractivity contribution in [1.29, 1.82) is 0 Å². The first-order valence-corrected chi connectivity index (χ1v) is 7.58. The van der Waals surface area contributed by atoms with Gasteiger partial charge in [0.15, 0.2) is 12.6 Å². The van der Waals surface area contributed by atoms with Gasteiger partial charge in [-0.2, -0.15) is 4.57 Å². The van der Waals surface area contributed by atoms with Gasteiger partial charge in [-0.05, 0) is 19.9 Å². The van der Waals surface area contributed by atoms with Crippen molar-refractivity contribution < 1.29 is 42.8 Å². The number of nitrogens with zero attached hydrogens (tertiary/aromatic N) is 1. The summed E-state index contributed by atoms with van der Waals surface area (Å²) < 4.78 is 20.0.